The van der Waals surface area contributed by atoms with Gasteiger partial charge >= 0.3 is 12.4 Å². The molecule has 0 amide bonds. The van der Waals surface area contributed by atoms with E-state index in [2.05, 4.69) is 12.1 Å². The molecule has 0 aliphatic carbocycles. The summed E-state index contributed by atoms with van der Waals surface area (Å²) in [5.74, 6) is 0.166. The molecule has 8 aromatic carbocycles. The highest BCUT2D eigenvalue weighted by Crippen LogP contribution is 2.46. The zero-order valence-electron chi connectivity index (χ0n) is 35.8. The SMILES string of the molecule is N#Cc1cc(C#N)c(-c2ccc3c(c2)c2ccccc2n3-c2c(-c3cccc(C(F)(F)F)c3)cc(-c3nc(-c4ccccc4)cc(-c4ccccc4)n3)cc2-c2cccc(C(F)(F)F)c2)c(C#N)c1. The first-order valence-electron chi connectivity index (χ1n) is 21.3. The van der Waals surface area contributed by atoms with Crippen LogP contribution in [0, 0.1) is 34.0 Å². The summed E-state index contributed by atoms with van der Waals surface area (Å²) in [5, 5.41) is 31.3. The fourth-order valence-corrected chi connectivity index (χ4v) is 8.82. The molecule has 12 heteroatoms. The maximum Gasteiger partial charge on any atom is 0.416 e. The summed E-state index contributed by atoms with van der Waals surface area (Å²) < 4.78 is 89.8. The van der Waals surface area contributed by atoms with Gasteiger partial charge in [0.15, 0.2) is 5.82 Å². The predicted molar refractivity (Wildman–Crippen MR) is 253 cm³/mol. The van der Waals surface area contributed by atoms with E-state index in [0.29, 0.717) is 49.9 Å². The Bertz CT molecular complexity index is 3630. The van der Waals surface area contributed by atoms with Gasteiger partial charge in [-0.1, -0.05) is 109 Å². The largest absolute Gasteiger partial charge is 0.416 e. The van der Waals surface area contributed by atoms with E-state index in [9.17, 15) is 42.1 Å². The highest BCUT2D eigenvalue weighted by Gasteiger charge is 2.33. The highest BCUT2D eigenvalue weighted by atomic mass is 19.4. The average molecular weight is 913 g/mol. The van der Waals surface area contributed by atoms with Crippen LogP contribution in [0.4, 0.5) is 26.3 Å². The molecule has 10 aromatic rings. The predicted octanol–water partition coefficient (Wildman–Crippen LogP) is 15.2. The minimum Gasteiger partial charge on any atom is -0.308 e. The first-order valence-corrected chi connectivity index (χ1v) is 21.3. The molecule has 10 rings (SSSR count). The summed E-state index contributed by atoms with van der Waals surface area (Å²) >= 11 is 0. The Morgan fingerprint density at radius 2 is 0.899 bits per heavy atom. The number of fused-ring (bicyclic) bond motifs is 3. The fourth-order valence-electron chi connectivity index (χ4n) is 8.82. The molecule has 0 aliphatic rings. The van der Waals surface area contributed by atoms with E-state index in [-0.39, 0.29) is 50.5 Å². The van der Waals surface area contributed by atoms with Crippen molar-refractivity contribution in [1.29, 1.82) is 15.8 Å². The van der Waals surface area contributed by atoms with Crippen LogP contribution in [-0.4, -0.2) is 14.5 Å². The van der Waals surface area contributed by atoms with Gasteiger partial charge in [0, 0.05) is 44.2 Å². The van der Waals surface area contributed by atoms with Crippen LogP contribution in [0.5, 0.6) is 0 Å². The topological polar surface area (TPSA) is 102 Å². The van der Waals surface area contributed by atoms with E-state index >= 15 is 0 Å². The van der Waals surface area contributed by atoms with Crippen LogP contribution in [-0.2, 0) is 12.4 Å². The summed E-state index contributed by atoms with van der Waals surface area (Å²) in [6, 6.07) is 54.8. The second-order valence-electron chi connectivity index (χ2n) is 16.1. The first kappa shape index (κ1) is 43.6. The zero-order valence-corrected chi connectivity index (χ0v) is 35.8. The third-order valence-electron chi connectivity index (χ3n) is 11.9. The quantitative estimate of drug-likeness (QED) is 0.148. The molecule has 0 aliphatic heterocycles. The first-order chi connectivity index (χ1) is 33.3. The van der Waals surface area contributed by atoms with Crippen molar-refractivity contribution in [3.63, 3.8) is 0 Å². The maximum absolute atomic E-state index is 14.7. The molecule has 0 atom stereocenters. The van der Waals surface area contributed by atoms with Crippen LogP contribution < -0.4 is 0 Å². The van der Waals surface area contributed by atoms with Gasteiger partial charge in [-0.2, -0.15) is 42.1 Å². The lowest BCUT2D eigenvalue weighted by atomic mass is 9.91. The number of rotatable bonds is 7. The Morgan fingerprint density at radius 1 is 0.406 bits per heavy atom. The summed E-state index contributed by atoms with van der Waals surface area (Å²) in [6.07, 6.45) is -9.51. The smallest absolute Gasteiger partial charge is 0.308 e. The van der Waals surface area contributed by atoms with Crippen molar-refractivity contribution in [2.75, 3.05) is 0 Å². The van der Waals surface area contributed by atoms with Gasteiger partial charge in [-0.05, 0) is 89.5 Å². The van der Waals surface area contributed by atoms with Gasteiger partial charge in [0.25, 0.3) is 0 Å². The standard InChI is InChI=1S/C57H30F6N6/c58-56(59,60)43-17-9-15-37(25-43)46-28-40(55-67-49(35-11-3-1-4-12-35)30-50(68-55)36-13-5-2-6-14-36)29-47(38-16-10-18-44(26-38)57(61,62)63)54(46)69-51-20-8-7-19-45(51)48-27-39(21-22-52(48)69)53-41(32-65)23-34(31-64)24-42(53)33-66/h1-30H. The monoisotopic (exact) mass is 912 g/mol. The van der Waals surface area contributed by atoms with Crippen molar-refractivity contribution >= 4 is 21.8 Å². The maximum atomic E-state index is 14.7. The van der Waals surface area contributed by atoms with Gasteiger partial charge in [0.05, 0.1) is 74.1 Å². The molecule has 0 saturated carbocycles. The van der Waals surface area contributed by atoms with Crippen LogP contribution >= 0.6 is 0 Å². The Morgan fingerprint density at radius 3 is 1.41 bits per heavy atom. The van der Waals surface area contributed by atoms with Crippen LogP contribution in [0.1, 0.15) is 27.8 Å². The number of alkyl halides is 6. The lowest BCUT2D eigenvalue weighted by Gasteiger charge is -2.22. The lowest BCUT2D eigenvalue weighted by Crippen LogP contribution is -2.07. The second kappa shape index (κ2) is 17.2. The van der Waals surface area contributed by atoms with Crippen LogP contribution in [0.15, 0.2) is 182 Å². The normalized spacial score (nSPS) is 11.6. The number of aromatic nitrogens is 3. The number of benzene rings is 8. The molecule has 0 fully saturated rings. The van der Waals surface area contributed by atoms with Crippen molar-refractivity contribution in [2.24, 2.45) is 0 Å². The molecule has 69 heavy (non-hydrogen) atoms. The average Bonchev–Trinajstić information content (AvgIpc) is 3.71. The number of nitriles is 3. The molecule has 0 radical (unpaired) electrons. The van der Waals surface area contributed by atoms with Crippen molar-refractivity contribution < 1.29 is 26.3 Å². The minimum atomic E-state index is -4.76. The Balaban J connectivity index is 1.35. The van der Waals surface area contributed by atoms with Gasteiger partial charge in [-0.3, -0.25) is 0 Å². The molecule has 0 saturated heterocycles. The van der Waals surface area contributed by atoms with Crippen molar-refractivity contribution in [1.82, 2.24) is 14.5 Å². The Kier molecular flexibility index (Phi) is 10.8. The van der Waals surface area contributed by atoms with E-state index in [4.69, 9.17) is 9.97 Å². The second-order valence-corrected chi connectivity index (χ2v) is 16.1. The van der Waals surface area contributed by atoms with Crippen LogP contribution in [0.2, 0.25) is 0 Å². The van der Waals surface area contributed by atoms with E-state index < -0.39 is 23.5 Å². The number of hydrogen-bond donors (Lipinski definition) is 0. The van der Waals surface area contributed by atoms with Crippen molar-refractivity contribution in [3.8, 4) is 91.2 Å². The molecule has 2 heterocycles. The molecule has 330 valence electrons. The summed E-state index contributed by atoms with van der Waals surface area (Å²) in [7, 11) is 0. The van der Waals surface area contributed by atoms with Gasteiger partial charge in [-0.25, -0.2) is 9.97 Å². The number of halogens is 6. The van der Waals surface area contributed by atoms with E-state index in [1.165, 1.54) is 36.4 Å². The highest BCUT2D eigenvalue weighted by molar-refractivity contribution is 6.12. The number of hydrogen-bond acceptors (Lipinski definition) is 5. The Hall–Kier alpha value is -9.31. The van der Waals surface area contributed by atoms with E-state index in [0.717, 1.165) is 35.4 Å². The van der Waals surface area contributed by atoms with Gasteiger partial charge < -0.3 is 4.57 Å². The molecule has 6 nitrogen and oxygen atoms in total. The van der Waals surface area contributed by atoms with E-state index in [1.54, 1.807) is 48.5 Å². The fraction of sp³-hybridized carbons (Fsp3) is 0.0351. The van der Waals surface area contributed by atoms with Crippen LogP contribution in [0.25, 0.3) is 94.8 Å². The molecular weight excluding hydrogens is 883 g/mol. The summed E-state index contributed by atoms with van der Waals surface area (Å²) in [4.78, 5) is 10.0. The van der Waals surface area contributed by atoms with Crippen LogP contribution in [0.3, 0.4) is 0 Å². The molecule has 2 aromatic heterocycles. The van der Waals surface area contributed by atoms with E-state index in [1.807, 2.05) is 83.4 Å². The third-order valence-corrected chi connectivity index (χ3v) is 11.9. The van der Waals surface area contributed by atoms with Gasteiger partial charge in [-0.15, -0.1) is 0 Å². The zero-order chi connectivity index (χ0) is 48.0. The van der Waals surface area contributed by atoms with Gasteiger partial charge in [0.1, 0.15) is 0 Å². The van der Waals surface area contributed by atoms with Crippen molar-refractivity contribution in [3.05, 3.63) is 210 Å². The number of nitrogens with zero attached hydrogens (tertiary/aromatic N) is 6. The molecule has 0 spiro atoms. The molecular formula is C57H30F6N6. The van der Waals surface area contributed by atoms with Gasteiger partial charge in [0.2, 0.25) is 0 Å². The van der Waals surface area contributed by atoms with Crippen molar-refractivity contribution in [2.45, 2.75) is 12.4 Å². The number of para-hydroxylation sites is 1. The lowest BCUT2D eigenvalue weighted by molar-refractivity contribution is -0.138. The molecule has 0 bridgehead atoms. The summed E-state index contributed by atoms with van der Waals surface area (Å²) in [5.41, 5.74) is 4.04. The summed E-state index contributed by atoms with van der Waals surface area (Å²) in [6.45, 7) is 0. The molecule has 0 N–H and O–H groups in total. The third kappa shape index (κ3) is 8.09. The minimum absolute atomic E-state index is 0.0944. The molecule has 0 unspecified atom stereocenters. The Labute approximate surface area is 390 Å².